The number of benzene rings is 1. The van der Waals surface area contributed by atoms with E-state index in [-0.39, 0.29) is 0 Å². The number of hydrogen-bond acceptors (Lipinski definition) is 3. The van der Waals surface area contributed by atoms with Crippen LogP contribution in [0, 0.1) is 6.92 Å². The number of nitrogens with one attached hydrogen (secondary N) is 1. The molecule has 1 fully saturated rings. The van der Waals surface area contributed by atoms with Gasteiger partial charge in [-0.05, 0) is 38.0 Å². The van der Waals surface area contributed by atoms with Crippen LogP contribution in [0.3, 0.4) is 0 Å². The molecular formula is C18H24N2O. The van der Waals surface area contributed by atoms with Crippen molar-refractivity contribution in [1.82, 2.24) is 10.2 Å². The average Bonchev–Trinajstić information content (AvgIpc) is 2.89. The molecule has 1 aromatic heterocycles. The monoisotopic (exact) mass is 284 g/mol. The maximum atomic E-state index is 5.73. The van der Waals surface area contributed by atoms with Crippen LogP contribution >= 0.6 is 0 Å². The second-order valence-electron chi connectivity index (χ2n) is 6.09. The first-order chi connectivity index (χ1) is 10.2. The highest BCUT2D eigenvalue weighted by molar-refractivity contribution is 5.16. The molecule has 1 N–H and O–H groups in total. The minimum atomic E-state index is 0.514. The van der Waals surface area contributed by atoms with E-state index in [1.54, 1.807) is 0 Å². The standard InChI is InChI=1S/C18H24N2O/c1-14-11-19-17(10-16-6-4-3-5-7-16)12-20(14)13-18-9-8-15(2)21-18/h3-9,14,17,19H,10-13H2,1-2H3. The molecule has 3 nitrogen and oxygen atoms in total. The Morgan fingerprint density at radius 2 is 2.00 bits per heavy atom. The van der Waals surface area contributed by atoms with Crippen molar-refractivity contribution in [3.63, 3.8) is 0 Å². The lowest BCUT2D eigenvalue weighted by atomic mass is 10.0. The summed E-state index contributed by atoms with van der Waals surface area (Å²) in [6.45, 7) is 7.29. The zero-order valence-electron chi connectivity index (χ0n) is 12.9. The van der Waals surface area contributed by atoms with Gasteiger partial charge in [0.05, 0.1) is 6.54 Å². The van der Waals surface area contributed by atoms with Gasteiger partial charge in [0.25, 0.3) is 0 Å². The molecule has 0 spiro atoms. The van der Waals surface area contributed by atoms with E-state index in [4.69, 9.17) is 4.42 Å². The number of furan rings is 1. The molecule has 1 saturated heterocycles. The molecule has 1 aliphatic rings. The molecule has 2 atom stereocenters. The first-order valence-corrected chi connectivity index (χ1v) is 7.77. The summed E-state index contributed by atoms with van der Waals surface area (Å²) in [7, 11) is 0. The van der Waals surface area contributed by atoms with Crippen molar-refractivity contribution in [2.24, 2.45) is 0 Å². The van der Waals surface area contributed by atoms with Crippen molar-refractivity contribution in [2.75, 3.05) is 13.1 Å². The molecule has 0 amide bonds. The zero-order chi connectivity index (χ0) is 14.7. The number of aryl methyl sites for hydroxylation is 1. The molecule has 21 heavy (non-hydrogen) atoms. The molecule has 0 aliphatic carbocycles. The summed E-state index contributed by atoms with van der Waals surface area (Å²) in [4.78, 5) is 2.52. The van der Waals surface area contributed by atoms with Crippen LogP contribution in [-0.4, -0.2) is 30.1 Å². The SMILES string of the molecule is Cc1ccc(CN2CC(Cc3ccccc3)NCC2C)o1. The number of rotatable bonds is 4. The Morgan fingerprint density at radius 1 is 1.19 bits per heavy atom. The van der Waals surface area contributed by atoms with Gasteiger partial charge in [0.2, 0.25) is 0 Å². The van der Waals surface area contributed by atoms with Crippen molar-refractivity contribution in [2.45, 2.75) is 38.9 Å². The molecule has 1 aliphatic heterocycles. The van der Waals surface area contributed by atoms with Gasteiger partial charge in [0, 0.05) is 25.2 Å². The minimum Gasteiger partial charge on any atom is -0.465 e. The summed E-state index contributed by atoms with van der Waals surface area (Å²) < 4.78 is 5.73. The maximum absolute atomic E-state index is 5.73. The Bertz CT molecular complexity index is 564. The normalized spacial score (nSPS) is 23.3. The third kappa shape index (κ3) is 3.74. The third-order valence-corrected chi connectivity index (χ3v) is 4.26. The number of hydrogen-bond donors (Lipinski definition) is 1. The van der Waals surface area contributed by atoms with Crippen molar-refractivity contribution >= 4 is 0 Å². The molecule has 0 radical (unpaired) electrons. The fourth-order valence-electron chi connectivity index (χ4n) is 3.02. The lowest BCUT2D eigenvalue weighted by Crippen LogP contribution is -2.55. The predicted molar refractivity (Wildman–Crippen MR) is 85.3 cm³/mol. The molecule has 2 aromatic rings. The topological polar surface area (TPSA) is 28.4 Å². The van der Waals surface area contributed by atoms with Crippen LogP contribution in [0.25, 0.3) is 0 Å². The molecule has 2 heterocycles. The lowest BCUT2D eigenvalue weighted by Gasteiger charge is -2.38. The summed E-state index contributed by atoms with van der Waals surface area (Å²) in [5, 5.41) is 3.67. The molecule has 0 saturated carbocycles. The lowest BCUT2D eigenvalue weighted by molar-refractivity contribution is 0.123. The van der Waals surface area contributed by atoms with Gasteiger partial charge < -0.3 is 9.73 Å². The Hall–Kier alpha value is -1.58. The Balaban J connectivity index is 1.61. The van der Waals surface area contributed by atoms with Crippen LogP contribution in [0.5, 0.6) is 0 Å². The fourth-order valence-corrected chi connectivity index (χ4v) is 3.02. The van der Waals surface area contributed by atoms with Crippen molar-refractivity contribution in [3.05, 3.63) is 59.5 Å². The van der Waals surface area contributed by atoms with Gasteiger partial charge in [-0.2, -0.15) is 0 Å². The smallest absolute Gasteiger partial charge is 0.118 e. The van der Waals surface area contributed by atoms with Gasteiger partial charge in [0.15, 0.2) is 0 Å². The van der Waals surface area contributed by atoms with E-state index in [9.17, 15) is 0 Å². The van der Waals surface area contributed by atoms with Crippen LogP contribution in [-0.2, 0) is 13.0 Å². The average molecular weight is 284 g/mol. The van der Waals surface area contributed by atoms with E-state index < -0.39 is 0 Å². The molecule has 112 valence electrons. The molecular weight excluding hydrogens is 260 g/mol. The van der Waals surface area contributed by atoms with Crippen LogP contribution in [0.4, 0.5) is 0 Å². The largest absolute Gasteiger partial charge is 0.465 e. The maximum Gasteiger partial charge on any atom is 0.118 e. The highest BCUT2D eigenvalue weighted by Crippen LogP contribution is 2.16. The number of nitrogens with zero attached hydrogens (tertiary/aromatic N) is 1. The Morgan fingerprint density at radius 3 is 2.71 bits per heavy atom. The molecule has 3 heteroatoms. The van der Waals surface area contributed by atoms with Gasteiger partial charge in [-0.3, -0.25) is 4.90 Å². The summed E-state index contributed by atoms with van der Waals surface area (Å²) >= 11 is 0. The summed E-state index contributed by atoms with van der Waals surface area (Å²) in [6, 6.07) is 15.9. The quantitative estimate of drug-likeness (QED) is 0.935. The van der Waals surface area contributed by atoms with Crippen LogP contribution in [0.15, 0.2) is 46.9 Å². The Kier molecular flexibility index (Phi) is 4.42. The van der Waals surface area contributed by atoms with Gasteiger partial charge in [-0.1, -0.05) is 30.3 Å². The molecule has 3 rings (SSSR count). The van der Waals surface area contributed by atoms with Crippen molar-refractivity contribution in [3.8, 4) is 0 Å². The van der Waals surface area contributed by atoms with Crippen molar-refractivity contribution in [1.29, 1.82) is 0 Å². The van der Waals surface area contributed by atoms with Gasteiger partial charge >= 0.3 is 0 Å². The van der Waals surface area contributed by atoms with Gasteiger partial charge in [-0.15, -0.1) is 0 Å². The first kappa shape index (κ1) is 14.4. The van der Waals surface area contributed by atoms with E-state index in [0.717, 1.165) is 37.6 Å². The van der Waals surface area contributed by atoms with E-state index in [0.29, 0.717) is 12.1 Å². The van der Waals surface area contributed by atoms with E-state index >= 15 is 0 Å². The second-order valence-corrected chi connectivity index (χ2v) is 6.09. The Labute approximate surface area is 127 Å². The molecule has 0 bridgehead atoms. The molecule has 2 unspecified atom stereocenters. The predicted octanol–water partition coefficient (Wildman–Crippen LogP) is 2.99. The van der Waals surface area contributed by atoms with Crippen LogP contribution < -0.4 is 5.32 Å². The van der Waals surface area contributed by atoms with E-state index in [1.165, 1.54) is 5.56 Å². The fraction of sp³-hybridized carbons (Fsp3) is 0.444. The summed E-state index contributed by atoms with van der Waals surface area (Å²) in [5.41, 5.74) is 1.40. The molecule has 1 aromatic carbocycles. The van der Waals surface area contributed by atoms with Gasteiger partial charge in [-0.25, -0.2) is 0 Å². The highest BCUT2D eigenvalue weighted by Gasteiger charge is 2.25. The van der Waals surface area contributed by atoms with Gasteiger partial charge in [0.1, 0.15) is 11.5 Å². The van der Waals surface area contributed by atoms with Crippen LogP contribution in [0.1, 0.15) is 24.0 Å². The highest BCUT2D eigenvalue weighted by atomic mass is 16.3. The summed E-state index contributed by atoms with van der Waals surface area (Å²) in [5.74, 6) is 2.06. The van der Waals surface area contributed by atoms with Crippen LogP contribution in [0.2, 0.25) is 0 Å². The third-order valence-electron chi connectivity index (χ3n) is 4.26. The van der Waals surface area contributed by atoms with Crippen molar-refractivity contribution < 1.29 is 4.42 Å². The second kappa shape index (κ2) is 6.46. The zero-order valence-corrected chi connectivity index (χ0v) is 12.9. The van der Waals surface area contributed by atoms with E-state index in [1.807, 2.05) is 13.0 Å². The minimum absolute atomic E-state index is 0.514. The first-order valence-electron chi connectivity index (χ1n) is 7.77. The summed E-state index contributed by atoms with van der Waals surface area (Å²) in [6.07, 6.45) is 1.08. The number of piperazine rings is 1. The van der Waals surface area contributed by atoms with E-state index in [2.05, 4.69) is 53.5 Å².